The van der Waals surface area contributed by atoms with Crippen molar-refractivity contribution in [3.63, 3.8) is 0 Å². The third-order valence-electron chi connectivity index (χ3n) is 4.77. The Hall–Kier alpha value is -2.86. The van der Waals surface area contributed by atoms with Gasteiger partial charge in [0.25, 0.3) is 0 Å². The quantitative estimate of drug-likeness (QED) is 0.282. The fourth-order valence-electron chi connectivity index (χ4n) is 3.56. The first kappa shape index (κ1) is 12.7. The maximum atomic E-state index is 2.32. The number of benzene rings is 5. The summed E-state index contributed by atoms with van der Waals surface area (Å²) in [6, 6.07) is 29.1. The predicted octanol–water partition coefficient (Wildman–Crippen LogP) is 6.61. The van der Waals surface area contributed by atoms with Crippen molar-refractivity contribution < 1.29 is 0 Å². The van der Waals surface area contributed by atoms with E-state index in [9.17, 15) is 0 Å². The Balaban J connectivity index is 1.90. The minimum atomic E-state index is 1.30. The van der Waals surface area contributed by atoms with Crippen molar-refractivity contribution in [2.75, 3.05) is 0 Å². The van der Waals surface area contributed by atoms with Gasteiger partial charge < -0.3 is 0 Å². The lowest BCUT2D eigenvalue weighted by Gasteiger charge is -2.07. The average molecular weight is 292 g/mol. The van der Waals surface area contributed by atoms with E-state index in [4.69, 9.17) is 0 Å². The summed E-state index contributed by atoms with van der Waals surface area (Å²) in [4.78, 5) is 0. The van der Waals surface area contributed by atoms with Crippen LogP contribution in [0.4, 0.5) is 0 Å². The summed E-state index contributed by atoms with van der Waals surface area (Å²) in [7, 11) is 0. The van der Waals surface area contributed by atoms with Gasteiger partial charge in [-0.3, -0.25) is 0 Å². The fourth-order valence-corrected chi connectivity index (χ4v) is 3.56. The highest BCUT2D eigenvalue weighted by molar-refractivity contribution is 6.08. The van der Waals surface area contributed by atoms with Gasteiger partial charge in [0.05, 0.1) is 0 Å². The van der Waals surface area contributed by atoms with Crippen LogP contribution in [-0.4, -0.2) is 0 Å². The van der Waals surface area contributed by atoms with E-state index < -0.39 is 0 Å². The van der Waals surface area contributed by atoms with E-state index in [0.717, 1.165) is 0 Å². The minimum absolute atomic E-state index is 1.30. The maximum absolute atomic E-state index is 2.32. The Morgan fingerprint density at radius 3 is 1.30 bits per heavy atom. The van der Waals surface area contributed by atoms with Gasteiger partial charge in [-0.15, -0.1) is 0 Å². The van der Waals surface area contributed by atoms with Gasteiger partial charge in [-0.1, -0.05) is 48.0 Å². The van der Waals surface area contributed by atoms with E-state index in [-0.39, 0.29) is 0 Å². The molecule has 0 heteroatoms. The zero-order valence-corrected chi connectivity index (χ0v) is 13.0. The topological polar surface area (TPSA) is 0 Å². The van der Waals surface area contributed by atoms with Crippen molar-refractivity contribution in [1.29, 1.82) is 0 Å². The summed E-state index contributed by atoms with van der Waals surface area (Å²) in [5.74, 6) is 0. The predicted molar refractivity (Wildman–Crippen MR) is 101 cm³/mol. The number of rotatable bonds is 0. The van der Waals surface area contributed by atoms with E-state index in [0.29, 0.717) is 0 Å². The van der Waals surface area contributed by atoms with Crippen LogP contribution in [0.2, 0.25) is 0 Å². The molecule has 0 spiro atoms. The second-order valence-electron chi connectivity index (χ2n) is 6.45. The van der Waals surface area contributed by atoms with Gasteiger partial charge in [-0.2, -0.15) is 0 Å². The second-order valence-corrected chi connectivity index (χ2v) is 6.45. The van der Waals surface area contributed by atoms with Gasteiger partial charge >= 0.3 is 0 Å². The van der Waals surface area contributed by atoms with Crippen molar-refractivity contribution >= 4 is 43.1 Å². The van der Waals surface area contributed by atoms with Crippen LogP contribution in [0.1, 0.15) is 5.56 Å². The van der Waals surface area contributed by atoms with Crippen LogP contribution >= 0.6 is 0 Å². The summed E-state index contributed by atoms with van der Waals surface area (Å²) in [6.07, 6.45) is 0. The molecule has 5 aromatic carbocycles. The molecule has 5 aromatic rings. The molecule has 0 atom stereocenters. The molecule has 108 valence electrons. The summed E-state index contributed by atoms with van der Waals surface area (Å²) in [6.45, 7) is 2.15. The molecule has 0 N–H and O–H groups in total. The molecule has 0 aliphatic heterocycles. The number of fused-ring (bicyclic) bond motifs is 4. The van der Waals surface area contributed by atoms with E-state index in [1.54, 1.807) is 0 Å². The molecule has 0 unspecified atom stereocenters. The summed E-state index contributed by atoms with van der Waals surface area (Å²) >= 11 is 0. The molecular formula is C23H16. The van der Waals surface area contributed by atoms with Gasteiger partial charge in [-0.05, 0) is 86.4 Å². The molecule has 23 heavy (non-hydrogen) atoms. The highest BCUT2D eigenvalue weighted by atomic mass is 14.1. The number of hydrogen-bond acceptors (Lipinski definition) is 0. The van der Waals surface area contributed by atoms with E-state index >= 15 is 0 Å². The lowest BCUT2D eigenvalue weighted by atomic mass is 9.97. The van der Waals surface area contributed by atoms with Crippen molar-refractivity contribution in [3.8, 4) is 0 Å². The first-order valence-electron chi connectivity index (χ1n) is 8.03. The summed E-state index contributed by atoms with van der Waals surface area (Å²) in [5, 5.41) is 10.5. The smallest absolute Gasteiger partial charge is 0.0171 e. The van der Waals surface area contributed by atoms with Gasteiger partial charge in [0.1, 0.15) is 0 Å². The van der Waals surface area contributed by atoms with Crippen LogP contribution in [0, 0.1) is 6.92 Å². The number of hydrogen-bond donors (Lipinski definition) is 0. The van der Waals surface area contributed by atoms with Crippen LogP contribution in [0.15, 0.2) is 78.9 Å². The maximum Gasteiger partial charge on any atom is -0.0171 e. The van der Waals surface area contributed by atoms with Gasteiger partial charge in [0.15, 0.2) is 0 Å². The van der Waals surface area contributed by atoms with Crippen LogP contribution < -0.4 is 0 Å². The molecule has 0 aliphatic rings. The highest BCUT2D eigenvalue weighted by Crippen LogP contribution is 2.30. The second kappa shape index (κ2) is 4.57. The van der Waals surface area contributed by atoms with Crippen LogP contribution in [0.25, 0.3) is 43.1 Å². The molecule has 0 nitrogen and oxygen atoms in total. The van der Waals surface area contributed by atoms with Crippen LogP contribution in [-0.2, 0) is 0 Å². The van der Waals surface area contributed by atoms with Gasteiger partial charge in [0.2, 0.25) is 0 Å². The third-order valence-corrected chi connectivity index (χ3v) is 4.77. The largest absolute Gasteiger partial charge is 0.0616 e. The molecule has 0 amide bonds. The Morgan fingerprint density at radius 2 is 0.783 bits per heavy atom. The first-order valence-corrected chi connectivity index (χ1v) is 8.03. The first-order chi connectivity index (χ1) is 11.3. The summed E-state index contributed by atoms with van der Waals surface area (Å²) < 4.78 is 0. The van der Waals surface area contributed by atoms with Crippen molar-refractivity contribution in [2.45, 2.75) is 6.92 Å². The summed E-state index contributed by atoms with van der Waals surface area (Å²) in [5.41, 5.74) is 1.31. The van der Waals surface area contributed by atoms with Gasteiger partial charge in [0, 0.05) is 0 Å². The van der Waals surface area contributed by atoms with E-state index in [1.807, 2.05) is 0 Å². The molecule has 0 fully saturated rings. The monoisotopic (exact) mass is 292 g/mol. The molecule has 0 saturated carbocycles. The average Bonchev–Trinajstić information content (AvgIpc) is 2.56. The molecular weight excluding hydrogens is 276 g/mol. The van der Waals surface area contributed by atoms with Gasteiger partial charge in [-0.25, -0.2) is 0 Å². The SMILES string of the molecule is Cc1ccc2cc3cc4cc5ccccc5cc4cc3cc2c1. The highest BCUT2D eigenvalue weighted by Gasteiger charge is 2.03. The fraction of sp³-hybridized carbons (Fsp3) is 0.0435. The minimum Gasteiger partial charge on any atom is -0.0616 e. The Bertz CT molecular complexity index is 1210. The molecule has 5 rings (SSSR count). The Morgan fingerprint density at radius 1 is 0.391 bits per heavy atom. The lowest BCUT2D eigenvalue weighted by Crippen LogP contribution is -1.81. The van der Waals surface area contributed by atoms with Crippen molar-refractivity contribution in [3.05, 3.63) is 84.4 Å². The third kappa shape index (κ3) is 1.99. The standard InChI is InChI=1S/C23H16/c1-15-6-7-18-11-22-13-20-9-16-4-2-3-5-17(16)10-21(20)14-23(22)12-19(18)8-15/h2-14H,1H3. The zero-order chi connectivity index (χ0) is 15.4. The lowest BCUT2D eigenvalue weighted by molar-refractivity contribution is 1.51. The Labute approximate surface area is 135 Å². The van der Waals surface area contributed by atoms with Crippen LogP contribution in [0.5, 0.6) is 0 Å². The molecule has 0 radical (unpaired) electrons. The zero-order valence-electron chi connectivity index (χ0n) is 13.0. The van der Waals surface area contributed by atoms with Crippen molar-refractivity contribution in [1.82, 2.24) is 0 Å². The van der Waals surface area contributed by atoms with Crippen molar-refractivity contribution in [2.24, 2.45) is 0 Å². The Kier molecular flexibility index (Phi) is 2.51. The van der Waals surface area contributed by atoms with Crippen LogP contribution in [0.3, 0.4) is 0 Å². The molecule has 0 saturated heterocycles. The molecule has 0 bridgehead atoms. The van der Waals surface area contributed by atoms with E-state index in [1.165, 1.54) is 48.7 Å². The number of aryl methyl sites for hydroxylation is 1. The van der Waals surface area contributed by atoms with E-state index in [2.05, 4.69) is 85.8 Å². The molecule has 0 aliphatic carbocycles. The normalized spacial score (nSPS) is 11.7. The molecule has 0 aromatic heterocycles. The molecule has 0 heterocycles.